The Kier molecular flexibility index (Phi) is 8.15. The van der Waals surface area contributed by atoms with E-state index < -0.39 is 0 Å². The van der Waals surface area contributed by atoms with Crippen molar-refractivity contribution in [2.45, 2.75) is 64.8 Å². The van der Waals surface area contributed by atoms with Crippen molar-refractivity contribution in [3.63, 3.8) is 0 Å². The molecule has 1 N–H and O–H groups in total. The van der Waals surface area contributed by atoms with Crippen LogP contribution in [0.5, 0.6) is 0 Å². The summed E-state index contributed by atoms with van der Waals surface area (Å²) < 4.78 is 0. The fourth-order valence-corrected chi connectivity index (χ4v) is 2.61. The quantitative estimate of drug-likeness (QED) is 0.530. The van der Waals surface area contributed by atoms with Crippen LogP contribution in [0, 0.1) is 0 Å². The zero-order valence-electron chi connectivity index (χ0n) is 9.82. The lowest BCUT2D eigenvalue weighted by atomic mass is 10.1. The Bertz CT molecular complexity index is 127. The van der Waals surface area contributed by atoms with E-state index in [0.29, 0.717) is 0 Å². The van der Waals surface area contributed by atoms with Crippen LogP contribution >= 0.6 is 0 Å². The summed E-state index contributed by atoms with van der Waals surface area (Å²) in [5, 5.41) is 0. The van der Waals surface area contributed by atoms with Crippen LogP contribution in [0.25, 0.3) is 0 Å². The molecule has 0 spiro atoms. The van der Waals surface area contributed by atoms with Crippen molar-refractivity contribution in [1.29, 1.82) is 0 Å². The van der Waals surface area contributed by atoms with Gasteiger partial charge in [0, 0.05) is 12.8 Å². The second-order valence-electron chi connectivity index (χ2n) is 4.49. The predicted octanol–water partition coefficient (Wildman–Crippen LogP) is -0.972. The largest absolute Gasteiger partial charge is 1.00 e. The number of hydrogen-bond donors (Lipinski definition) is 1. The minimum Gasteiger partial charge on any atom is -1.00 e. The standard InChI is InChI=1S/C12H25N.FH/c1-3-5-6-10-13-11-7-9-12(13)8-4-2;/h12H,3-11H2,1-2H3;1H. The van der Waals surface area contributed by atoms with E-state index in [9.17, 15) is 0 Å². The molecule has 0 bridgehead atoms. The Balaban J connectivity index is 0.00000169. The number of quaternary nitrogens is 1. The van der Waals surface area contributed by atoms with Crippen LogP contribution in [0.4, 0.5) is 0 Å². The van der Waals surface area contributed by atoms with Crippen molar-refractivity contribution < 1.29 is 9.60 Å². The first-order valence-electron chi connectivity index (χ1n) is 6.23. The average Bonchev–Trinajstić information content (AvgIpc) is 2.54. The smallest absolute Gasteiger partial charge is 0.0876 e. The molecular weight excluding hydrogens is 177 g/mol. The molecule has 1 fully saturated rings. The van der Waals surface area contributed by atoms with Gasteiger partial charge in [-0.15, -0.1) is 0 Å². The van der Waals surface area contributed by atoms with Gasteiger partial charge in [0.2, 0.25) is 0 Å². The number of rotatable bonds is 6. The van der Waals surface area contributed by atoms with E-state index in [-0.39, 0.29) is 4.70 Å². The first kappa shape index (κ1) is 13.9. The lowest BCUT2D eigenvalue weighted by molar-refractivity contribution is -0.912. The topological polar surface area (TPSA) is 4.44 Å². The molecule has 0 amide bonds. The van der Waals surface area contributed by atoms with Crippen LogP contribution < -0.4 is 9.60 Å². The average molecular weight is 203 g/mol. The van der Waals surface area contributed by atoms with E-state index in [1.165, 1.54) is 58.0 Å². The molecule has 0 aliphatic carbocycles. The summed E-state index contributed by atoms with van der Waals surface area (Å²) in [6.45, 7) is 7.51. The van der Waals surface area contributed by atoms with Crippen molar-refractivity contribution in [3.05, 3.63) is 0 Å². The summed E-state index contributed by atoms with van der Waals surface area (Å²) >= 11 is 0. The second-order valence-corrected chi connectivity index (χ2v) is 4.49. The predicted molar refractivity (Wildman–Crippen MR) is 58.2 cm³/mol. The maximum absolute atomic E-state index is 2.32. The summed E-state index contributed by atoms with van der Waals surface area (Å²) in [5.41, 5.74) is 0. The van der Waals surface area contributed by atoms with Crippen molar-refractivity contribution in [2.75, 3.05) is 13.1 Å². The fourth-order valence-electron chi connectivity index (χ4n) is 2.61. The summed E-state index contributed by atoms with van der Waals surface area (Å²) in [6.07, 6.45) is 10.1. The van der Waals surface area contributed by atoms with Crippen LogP contribution in [0.1, 0.15) is 58.8 Å². The number of halogens is 1. The molecule has 0 saturated carbocycles. The van der Waals surface area contributed by atoms with Crippen LogP contribution in [-0.4, -0.2) is 19.1 Å². The van der Waals surface area contributed by atoms with Gasteiger partial charge >= 0.3 is 0 Å². The normalized spacial score (nSPS) is 26.1. The highest BCUT2D eigenvalue weighted by Gasteiger charge is 2.26. The lowest BCUT2D eigenvalue weighted by Crippen LogP contribution is -3.13. The van der Waals surface area contributed by atoms with E-state index in [2.05, 4.69) is 13.8 Å². The zero-order valence-corrected chi connectivity index (χ0v) is 9.82. The van der Waals surface area contributed by atoms with Gasteiger partial charge in [0.25, 0.3) is 0 Å². The zero-order chi connectivity index (χ0) is 9.52. The minimum atomic E-state index is 0. The van der Waals surface area contributed by atoms with E-state index >= 15 is 0 Å². The molecule has 1 heterocycles. The molecule has 0 aromatic rings. The third kappa shape index (κ3) is 4.41. The van der Waals surface area contributed by atoms with E-state index in [1.807, 2.05) is 4.90 Å². The summed E-state index contributed by atoms with van der Waals surface area (Å²) in [5.74, 6) is 0. The molecule has 1 saturated heterocycles. The van der Waals surface area contributed by atoms with Gasteiger partial charge in [-0.2, -0.15) is 0 Å². The van der Waals surface area contributed by atoms with Crippen LogP contribution in [0.15, 0.2) is 0 Å². The van der Waals surface area contributed by atoms with Gasteiger partial charge in [-0.25, -0.2) is 0 Å². The third-order valence-corrected chi connectivity index (χ3v) is 3.37. The molecule has 1 aliphatic heterocycles. The Labute approximate surface area is 88.2 Å². The molecule has 2 unspecified atom stereocenters. The Morgan fingerprint density at radius 1 is 1.14 bits per heavy atom. The van der Waals surface area contributed by atoms with Crippen molar-refractivity contribution in [3.8, 4) is 0 Å². The second kappa shape index (κ2) is 8.22. The molecule has 2 heteroatoms. The van der Waals surface area contributed by atoms with E-state index in [0.717, 1.165) is 6.04 Å². The van der Waals surface area contributed by atoms with Crippen molar-refractivity contribution >= 4 is 0 Å². The summed E-state index contributed by atoms with van der Waals surface area (Å²) in [6, 6.07) is 1.02. The van der Waals surface area contributed by atoms with Crippen LogP contribution in [0.2, 0.25) is 0 Å². The molecule has 1 nitrogen and oxygen atoms in total. The van der Waals surface area contributed by atoms with Crippen LogP contribution in [-0.2, 0) is 0 Å². The number of unbranched alkanes of at least 4 members (excludes halogenated alkanes) is 2. The Hall–Kier alpha value is -0.110. The fraction of sp³-hybridized carbons (Fsp3) is 1.00. The monoisotopic (exact) mass is 203 g/mol. The molecule has 0 aromatic carbocycles. The Morgan fingerprint density at radius 2 is 1.93 bits per heavy atom. The number of nitrogens with one attached hydrogen (secondary N) is 1. The van der Waals surface area contributed by atoms with Crippen molar-refractivity contribution in [2.24, 2.45) is 0 Å². The molecule has 0 aromatic heterocycles. The maximum Gasteiger partial charge on any atom is 0.0876 e. The van der Waals surface area contributed by atoms with Gasteiger partial charge in [-0.05, 0) is 19.3 Å². The first-order chi connectivity index (χ1) is 6.38. The van der Waals surface area contributed by atoms with Crippen LogP contribution in [0.3, 0.4) is 0 Å². The van der Waals surface area contributed by atoms with Gasteiger partial charge in [0.05, 0.1) is 19.1 Å². The van der Waals surface area contributed by atoms with Gasteiger partial charge in [-0.3, -0.25) is 0 Å². The number of likely N-dealkylation sites (tertiary alicyclic amines) is 1. The SMILES string of the molecule is CCCCC[NH+]1CCCC1CCC.[F-]. The van der Waals surface area contributed by atoms with E-state index in [4.69, 9.17) is 0 Å². The molecule has 1 aliphatic rings. The highest BCUT2D eigenvalue weighted by molar-refractivity contribution is 4.61. The van der Waals surface area contributed by atoms with Crippen molar-refractivity contribution in [1.82, 2.24) is 0 Å². The van der Waals surface area contributed by atoms with Gasteiger partial charge in [0.1, 0.15) is 0 Å². The Morgan fingerprint density at radius 3 is 2.57 bits per heavy atom. The molecular formula is C12H26FN. The first-order valence-corrected chi connectivity index (χ1v) is 6.23. The molecule has 86 valence electrons. The van der Waals surface area contributed by atoms with Gasteiger partial charge < -0.3 is 9.60 Å². The maximum atomic E-state index is 2.32. The molecule has 2 atom stereocenters. The minimum absolute atomic E-state index is 0. The van der Waals surface area contributed by atoms with Gasteiger partial charge in [0.15, 0.2) is 0 Å². The summed E-state index contributed by atoms with van der Waals surface area (Å²) in [7, 11) is 0. The van der Waals surface area contributed by atoms with Gasteiger partial charge in [-0.1, -0.05) is 26.7 Å². The molecule has 1 rings (SSSR count). The highest BCUT2D eigenvalue weighted by atomic mass is 19.0. The molecule has 0 radical (unpaired) electrons. The van der Waals surface area contributed by atoms with E-state index in [1.54, 1.807) is 0 Å². The summed E-state index contributed by atoms with van der Waals surface area (Å²) in [4.78, 5) is 1.91. The molecule has 14 heavy (non-hydrogen) atoms. The number of hydrogen-bond acceptors (Lipinski definition) is 0. The third-order valence-electron chi connectivity index (χ3n) is 3.37. The highest BCUT2D eigenvalue weighted by Crippen LogP contribution is 2.06. The lowest BCUT2D eigenvalue weighted by Gasteiger charge is -2.20.